The second-order valence-electron chi connectivity index (χ2n) is 8.42. The van der Waals surface area contributed by atoms with E-state index in [-0.39, 0.29) is 11.7 Å². The van der Waals surface area contributed by atoms with Gasteiger partial charge in [-0.3, -0.25) is 4.79 Å². The van der Waals surface area contributed by atoms with Crippen molar-refractivity contribution in [1.82, 2.24) is 9.88 Å². The zero-order chi connectivity index (χ0) is 18.4. The van der Waals surface area contributed by atoms with Crippen molar-refractivity contribution >= 4 is 17.4 Å². The van der Waals surface area contributed by atoms with E-state index in [1.807, 2.05) is 6.07 Å². The van der Waals surface area contributed by atoms with Crippen molar-refractivity contribution < 1.29 is 9.18 Å². The maximum absolute atomic E-state index is 13.5. The quantitative estimate of drug-likeness (QED) is 0.864. The SMILES string of the molecule is O=C(c1cccnc1Nc1cccc(F)c1)N1CC2CC3CC(C2)CC1C3. The number of pyridine rings is 1. The van der Waals surface area contributed by atoms with Gasteiger partial charge >= 0.3 is 0 Å². The van der Waals surface area contributed by atoms with Crippen molar-refractivity contribution in [2.75, 3.05) is 11.9 Å². The molecule has 1 aromatic carbocycles. The second kappa shape index (κ2) is 6.63. The lowest BCUT2D eigenvalue weighted by atomic mass is 9.68. The average Bonchev–Trinajstić information content (AvgIpc) is 2.85. The van der Waals surface area contributed by atoms with E-state index in [2.05, 4.69) is 15.2 Å². The molecule has 2 saturated carbocycles. The van der Waals surface area contributed by atoms with Gasteiger partial charge in [-0.05, 0) is 80.2 Å². The molecule has 1 N–H and O–H groups in total. The van der Waals surface area contributed by atoms with Crippen LogP contribution in [0.4, 0.5) is 15.9 Å². The third-order valence-electron chi connectivity index (χ3n) is 6.49. The summed E-state index contributed by atoms with van der Waals surface area (Å²) in [6.45, 7) is 0.866. The van der Waals surface area contributed by atoms with Gasteiger partial charge in [0.1, 0.15) is 11.6 Å². The molecule has 2 aromatic rings. The number of nitrogens with zero attached hydrogens (tertiary/aromatic N) is 2. The van der Waals surface area contributed by atoms with Crippen LogP contribution in [0.1, 0.15) is 42.5 Å². The number of hydrogen-bond acceptors (Lipinski definition) is 3. The first kappa shape index (κ1) is 16.7. The summed E-state index contributed by atoms with van der Waals surface area (Å²) < 4.78 is 13.5. The van der Waals surface area contributed by atoms with Crippen LogP contribution in [-0.4, -0.2) is 28.4 Å². The Bertz CT molecular complexity index is 856. The lowest BCUT2D eigenvalue weighted by Crippen LogP contribution is -2.42. The highest BCUT2D eigenvalue weighted by molar-refractivity contribution is 5.99. The van der Waals surface area contributed by atoms with E-state index >= 15 is 0 Å². The van der Waals surface area contributed by atoms with Crippen molar-refractivity contribution in [1.29, 1.82) is 0 Å². The minimum Gasteiger partial charge on any atom is -0.339 e. The number of halogens is 1. The topological polar surface area (TPSA) is 45.2 Å². The molecule has 2 atom stereocenters. The number of carbonyl (C=O) groups is 1. The van der Waals surface area contributed by atoms with E-state index in [0.717, 1.165) is 31.2 Å². The number of carbonyl (C=O) groups excluding carboxylic acids is 1. The number of anilines is 2. The number of aromatic nitrogens is 1. The van der Waals surface area contributed by atoms with Crippen LogP contribution in [0.3, 0.4) is 0 Å². The molecule has 4 nitrogen and oxygen atoms in total. The molecule has 4 fully saturated rings. The lowest BCUT2D eigenvalue weighted by Gasteiger charge is -2.39. The van der Waals surface area contributed by atoms with Crippen LogP contribution < -0.4 is 5.32 Å². The molecule has 0 radical (unpaired) electrons. The van der Waals surface area contributed by atoms with Crippen LogP contribution in [0, 0.1) is 23.6 Å². The van der Waals surface area contributed by atoms with Gasteiger partial charge in [0, 0.05) is 24.5 Å². The van der Waals surface area contributed by atoms with Gasteiger partial charge in [0.25, 0.3) is 5.91 Å². The molecule has 2 unspecified atom stereocenters. The van der Waals surface area contributed by atoms with Crippen molar-refractivity contribution in [3.8, 4) is 0 Å². The molecular formula is C22H24FN3O. The fraction of sp³-hybridized carbons (Fsp3) is 0.455. The molecule has 2 aliphatic heterocycles. The van der Waals surface area contributed by atoms with Crippen molar-refractivity contribution in [2.24, 2.45) is 17.8 Å². The predicted molar refractivity (Wildman–Crippen MR) is 102 cm³/mol. The van der Waals surface area contributed by atoms with Crippen molar-refractivity contribution in [3.05, 3.63) is 54.0 Å². The average molecular weight is 365 g/mol. The first-order valence-electron chi connectivity index (χ1n) is 9.94. The fourth-order valence-electron chi connectivity index (χ4n) is 5.57. The molecule has 27 heavy (non-hydrogen) atoms. The third kappa shape index (κ3) is 3.20. The Hall–Kier alpha value is -2.43. The largest absolute Gasteiger partial charge is 0.339 e. The summed E-state index contributed by atoms with van der Waals surface area (Å²) in [4.78, 5) is 19.9. The van der Waals surface area contributed by atoms with E-state index in [0.29, 0.717) is 29.0 Å². The van der Waals surface area contributed by atoms with Crippen LogP contribution in [-0.2, 0) is 0 Å². The van der Waals surface area contributed by atoms with Gasteiger partial charge in [0.05, 0.1) is 5.56 Å². The highest BCUT2D eigenvalue weighted by Crippen LogP contribution is 2.47. The Kier molecular flexibility index (Phi) is 4.10. The van der Waals surface area contributed by atoms with E-state index in [1.165, 1.54) is 31.4 Å². The van der Waals surface area contributed by atoms with Gasteiger partial charge in [-0.1, -0.05) is 6.07 Å². The summed E-state index contributed by atoms with van der Waals surface area (Å²) in [5.74, 6) is 2.47. The predicted octanol–water partition coefficient (Wildman–Crippen LogP) is 4.62. The molecule has 2 aliphatic carbocycles. The van der Waals surface area contributed by atoms with Crippen LogP contribution in [0.2, 0.25) is 0 Å². The highest BCUT2D eigenvalue weighted by atomic mass is 19.1. The van der Waals surface area contributed by atoms with Gasteiger partial charge in [-0.2, -0.15) is 0 Å². The fourth-order valence-corrected chi connectivity index (χ4v) is 5.57. The monoisotopic (exact) mass is 365 g/mol. The van der Waals surface area contributed by atoms with Gasteiger partial charge in [0.15, 0.2) is 0 Å². The number of amides is 1. The van der Waals surface area contributed by atoms with Crippen LogP contribution >= 0.6 is 0 Å². The first-order chi connectivity index (χ1) is 13.2. The van der Waals surface area contributed by atoms with E-state index in [4.69, 9.17) is 0 Å². The molecule has 4 aliphatic rings. The molecule has 140 valence electrons. The minimum absolute atomic E-state index is 0.0557. The molecule has 2 saturated heterocycles. The van der Waals surface area contributed by atoms with Crippen LogP contribution in [0.25, 0.3) is 0 Å². The zero-order valence-corrected chi connectivity index (χ0v) is 15.3. The third-order valence-corrected chi connectivity index (χ3v) is 6.49. The van der Waals surface area contributed by atoms with Gasteiger partial charge in [0.2, 0.25) is 0 Å². The molecule has 1 amide bonds. The molecule has 3 heterocycles. The zero-order valence-electron chi connectivity index (χ0n) is 15.3. The van der Waals surface area contributed by atoms with E-state index in [1.54, 1.807) is 24.4 Å². The molecule has 1 aromatic heterocycles. The maximum Gasteiger partial charge on any atom is 0.257 e. The molecule has 4 bridgehead atoms. The highest BCUT2D eigenvalue weighted by Gasteiger charge is 2.44. The second-order valence-corrected chi connectivity index (χ2v) is 8.42. The summed E-state index contributed by atoms with van der Waals surface area (Å²) in [6, 6.07) is 10.2. The summed E-state index contributed by atoms with van der Waals surface area (Å²) in [5, 5.41) is 3.13. The van der Waals surface area contributed by atoms with Crippen LogP contribution in [0.15, 0.2) is 42.6 Å². The molecular weight excluding hydrogens is 341 g/mol. The summed E-state index contributed by atoms with van der Waals surface area (Å²) in [5.41, 5.74) is 1.17. The standard InChI is InChI=1S/C22H24FN3O/c23-17-3-1-4-18(12-17)25-21-20(5-2-6-24-21)22(27)26-13-16-8-14-7-15(9-16)11-19(26)10-14/h1-6,12,14-16,19H,7-11,13H2,(H,24,25). The Morgan fingerprint density at radius 1 is 1.04 bits per heavy atom. The van der Waals surface area contributed by atoms with Gasteiger partial charge in [-0.15, -0.1) is 0 Å². The minimum atomic E-state index is -0.315. The number of rotatable bonds is 3. The lowest BCUT2D eigenvalue weighted by molar-refractivity contribution is 0.0633. The van der Waals surface area contributed by atoms with Crippen LogP contribution in [0.5, 0.6) is 0 Å². The Morgan fingerprint density at radius 3 is 2.59 bits per heavy atom. The smallest absolute Gasteiger partial charge is 0.257 e. The Balaban J connectivity index is 1.44. The molecule has 6 rings (SSSR count). The Labute approximate surface area is 158 Å². The van der Waals surface area contributed by atoms with Gasteiger partial charge < -0.3 is 10.2 Å². The van der Waals surface area contributed by atoms with Crippen molar-refractivity contribution in [3.63, 3.8) is 0 Å². The summed E-state index contributed by atoms with van der Waals surface area (Å²) in [7, 11) is 0. The maximum atomic E-state index is 13.5. The molecule has 0 spiro atoms. The Morgan fingerprint density at radius 2 is 1.81 bits per heavy atom. The van der Waals surface area contributed by atoms with Gasteiger partial charge in [-0.25, -0.2) is 9.37 Å². The number of hydrogen-bond donors (Lipinski definition) is 1. The normalized spacial score (nSPS) is 28.9. The van der Waals surface area contributed by atoms with E-state index < -0.39 is 0 Å². The van der Waals surface area contributed by atoms with Crippen molar-refractivity contribution in [2.45, 2.75) is 38.1 Å². The summed E-state index contributed by atoms with van der Waals surface area (Å²) in [6.07, 6.45) is 7.86. The number of fused-ring (bicyclic) bond motifs is 1. The molecule has 5 heteroatoms. The first-order valence-corrected chi connectivity index (χ1v) is 9.94. The number of benzene rings is 1. The van der Waals surface area contributed by atoms with E-state index in [9.17, 15) is 9.18 Å². The summed E-state index contributed by atoms with van der Waals surface area (Å²) >= 11 is 0. The number of nitrogens with one attached hydrogen (secondary N) is 1.